The maximum Gasteiger partial charge on any atom is 0.283 e. The van der Waals surface area contributed by atoms with Gasteiger partial charge in [-0.05, 0) is 25.4 Å². The van der Waals surface area contributed by atoms with E-state index in [-0.39, 0.29) is 111 Å². The Kier molecular flexibility index (Phi) is 77.0. The molecule has 0 aromatic rings. The molecule has 0 aliphatic carbocycles. The Morgan fingerprint density at radius 2 is 1.34 bits per heavy atom. The van der Waals surface area contributed by atoms with Gasteiger partial charge in [0.25, 0.3) is 5.97 Å². The summed E-state index contributed by atoms with van der Waals surface area (Å²) >= 11 is 0. The second-order valence-corrected chi connectivity index (χ2v) is 6.53. The Balaban J connectivity index is -0.0000000868. The largest absolute Gasteiger partial charge is 0.466 e. The van der Waals surface area contributed by atoms with Crippen LogP contribution in [0.1, 0.15) is 87.1 Å². The summed E-state index contributed by atoms with van der Waals surface area (Å²) in [7, 11) is 1.64. The fraction of sp³-hybridized carbons (Fsp3) is 0.926. The molecule has 0 spiro atoms. The number of carbonyl (C=O) groups is 1. The molecule has 0 fully saturated rings. The Hall–Kier alpha value is 0.374. The molecule has 0 aromatic carbocycles. The number of carbonyl (C=O) groups excluding carboxylic acids is 1. The van der Waals surface area contributed by atoms with Gasteiger partial charge in [-0.1, -0.05) is 80.2 Å². The summed E-state index contributed by atoms with van der Waals surface area (Å²) in [5, 5.41) is 0. The van der Waals surface area contributed by atoms with Crippen LogP contribution in [0.25, 0.3) is 0 Å². The summed E-state index contributed by atoms with van der Waals surface area (Å²) in [6.07, 6.45) is -0.0216. The quantitative estimate of drug-likeness (QED) is 0.103. The second kappa shape index (κ2) is 41.5. The molecule has 0 heterocycles. The number of hydrogen-bond donors (Lipinski definition) is 0. The number of esters is 1. The van der Waals surface area contributed by atoms with E-state index in [0.29, 0.717) is 39.6 Å². The van der Waals surface area contributed by atoms with Gasteiger partial charge in [0.05, 0.1) is 39.1 Å². The van der Waals surface area contributed by atoms with Crippen LogP contribution in [0.5, 0.6) is 0 Å². The molecule has 223 valence electrons. The second-order valence-electron chi connectivity index (χ2n) is 6.53. The van der Waals surface area contributed by atoms with Crippen molar-refractivity contribution in [3.63, 3.8) is 0 Å². The summed E-state index contributed by atoms with van der Waals surface area (Å²) in [6, 6.07) is 0. The van der Waals surface area contributed by atoms with E-state index in [0.717, 1.165) is 19.6 Å². The zero-order valence-electron chi connectivity index (χ0n) is 17.8. The van der Waals surface area contributed by atoms with E-state index >= 15 is 0 Å². The van der Waals surface area contributed by atoms with Gasteiger partial charge in [0.1, 0.15) is 6.61 Å². The van der Waals surface area contributed by atoms with Crippen LogP contribution in [0.2, 0.25) is 0 Å². The minimum atomic E-state index is -0.919. The number of hydrogen-bond acceptors (Lipinski definition) is 7. The molecule has 0 saturated carbocycles. The first-order chi connectivity index (χ1) is 12.4. The molecule has 8 heteroatoms. The smallest absolute Gasteiger partial charge is 0.283 e. The van der Waals surface area contributed by atoms with Crippen LogP contribution in [0.3, 0.4) is 0 Å². The van der Waals surface area contributed by atoms with Gasteiger partial charge in [0.15, 0.2) is 0 Å². The van der Waals surface area contributed by atoms with Crippen molar-refractivity contribution in [1.29, 1.82) is 0 Å². The van der Waals surface area contributed by atoms with E-state index in [9.17, 15) is 4.79 Å². The number of methoxy groups -OCH3 is 1. The fourth-order valence-corrected chi connectivity index (χ4v) is 2.09. The molecule has 2 unspecified atom stereocenters. The average Bonchev–Trinajstić information content (AvgIpc) is 2.61. The Bertz CT molecular complexity index is 357. The van der Waals surface area contributed by atoms with Gasteiger partial charge in [-0.25, -0.2) is 0 Å². The topological polar surface area (TPSA) is 66.5 Å². The van der Waals surface area contributed by atoms with Crippen molar-refractivity contribution in [3.05, 3.63) is 6.92 Å². The Morgan fingerprint density at radius 3 is 1.80 bits per heavy atom. The third-order valence-electron chi connectivity index (χ3n) is 3.86. The van der Waals surface area contributed by atoms with Crippen LogP contribution in [0.15, 0.2) is 0 Å². The first kappa shape index (κ1) is 64.9. The van der Waals surface area contributed by atoms with E-state index in [1.807, 2.05) is 6.92 Å². The molecule has 0 rings (SSSR count). The van der Waals surface area contributed by atoms with Crippen LogP contribution < -0.4 is 0 Å². The van der Waals surface area contributed by atoms with Crippen molar-refractivity contribution < 1.29 is 61.2 Å². The monoisotopic (exact) mass is 593 g/mol. The third-order valence-corrected chi connectivity index (χ3v) is 3.86. The van der Waals surface area contributed by atoms with Crippen LogP contribution in [0.4, 0.5) is 0 Å². The van der Waals surface area contributed by atoms with Crippen molar-refractivity contribution in [3.8, 4) is 0 Å². The van der Waals surface area contributed by atoms with Crippen molar-refractivity contribution in [2.75, 3.05) is 73.0 Å². The summed E-state index contributed by atoms with van der Waals surface area (Å²) in [4.78, 5) is 14.3. The average molecular weight is 594 g/mol. The fourth-order valence-electron chi connectivity index (χ4n) is 2.09. The van der Waals surface area contributed by atoms with Gasteiger partial charge >= 0.3 is 0 Å². The molecule has 7 nitrogen and oxygen atoms in total. The molecule has 2 atom stereocenters. The minimum Gasteiger partial charge on any atom is -0.466 e. The number of ether oxygens (including phenoxy) is 5. The number of nitrogens with zero attached hydrogens (tertiary/aromatic N) is 1. The zero-order valence-corrected chi connectivity index (χ0v) is 20.7. The maximum absolute atomic E-state index is 12.1. The Labute approximate surface area is 249 Å². The van der Waals surface area contributed by atoms with Gasteiger partial charge in [-0.15, -0.1) is 0 Å². The standard InChI is InChI=1S/C19H38NO6.8CH4.Y/c1-7-20(8-2)9-10-26-18(21)19(4,5)16-24-13-14-25-17(3)15-23-12-11-22-6;;;;;;;;;/h17H,4,7-16H2,1-3,5-6H3;8*1H4;/q-1;;;;;;;;;. The summed E-state index contributed by atoms with van der Waals surface area (Å²) in [5.41, 5.74) is -0.919. The minimum absolute atomic E-state index is 0. The van der Waals surface area contributed by atoms with Crippen LogP contribution in [-0.2, 0) is 61.2 Å². The number of rotatable bonds is 17. The molecule has 0 aliphatic heterocycles. The third kappa shape index (κ3) is 36.6. The van der Waals surface area contributed by atoms with Crippen molar-refractivity contribution in [2.24, 2.45) is 5.41 Å². The summed E-state index contributed by atoms with van der Waals surface area (Å²) in [5.74, 6) is -0.342. The Morgan fingerprint density at radius 1 is 0.857 bits per heavy atom. The molecule has 35 heavy (non-hydrogen) atoms. The van der Waals surface area contributed by atoms with E-state index in [1.54, 1.807) is 14.0 Å². The summed E-state index contributed by atoms with van der Waals surface area (Å²) < 4.78 is 26.7. The van der Waals surface area contributed by atoms with E-state index in [2.05, 4.69) is 25.7 Å². The molecular weight excluding hydrogens is 523 g/mol. The molecule has 0 N–H and O–H groups in total. The van der Waals surface area contributed by atoms with Crippen LogP contribution in [0, 0.1) is 12.3 Å². The molecule has 0 bridgehead atoms. The van der Waals surface area contributed by atoms with Crippen molar-refractivity contribution in [2.45, 2.75) is 93.2 Å². The predicted molar refractivity (Wildman–Crippen MR) is 155 cm³/mol. The van der Waals surface area contributed by atoms with E-state index in [1.165, 1.54) is 0 Å². The van der Waals surface area contributed by atoms with Gasteiger partial charge in [0.2, 0.25) is 0 Å². The van der Waals surface area contributed by atoms with Crippen molar-refractivity contribution >= 4 is 5.97 Å². The van der Waals surface area contributed by atoms with Gasteiger partial charge in [0, 0.05) is 53.0 Å². The molecule has 0 amide bonds. The normalized spacial score (nSPS) is 11.2. The van der Waals surface area contributed by atoms with Crippen LogP contribution in [-0.4, -0.2) is 90.0 Å². The van der Waals surface area contributed by atoms with Gasteiger partial charge in [-0.2, -0.15) is 0 Å². The first-order valence-electron chi connectivity index (χ1n) is 9.38. The maximum atomic E-state index is 12.1. The zero-order chi connectivity index (χ0) is 19.8. The molecular formula is C27H70NO6Y-. The summed E-state index contributed by atoms with van der Waals surface area (Å²) in [6.45, 7) is 17.4. The van der Waals surface area contributed by atoms with Crippen LogP contribution >= 0.6 is 0 Å². The predicted octanol–water partition coefficient (Wildman–Crippen LogP) is 6.88. The number of likely N-dealkylation sites (N-methyl/N-ethyl adjacent to an activating group) is 1. The molecule has 1 radical (unpaired) electrons. The molecule has 0 saturated heterocycles. The molecule has 0 aliphatic rings. The van der Waals surface area contributed by atoms with Gasteiger partial charge < -0.3 is 35.5 Å². The molecule has 0 aromatic heterocycles. The van der Waals surface area contributed by atoms with Gasteiger partial charge in [-0.3, -0.25) is 4.79 Å². The van der Waals surface area contributed by atoms with E-state index < -0.39 is 5.41 Å². The van der Waals surface area contributed by atoms with Crippen molar-refractivity contribution in [1.82, 2.24) is 4.90 Å². The SMILES string of the molecule is C.C.C.C.C.C.C.C.[CH2-]C(C)(COCCOC(C)COCCOC)C(=O)OCCN(CC)CC.[Y]. The first-order valence-corrected chi connectivity index (χ1v) is 9.38. The van der Waals surface area contributed by atoms with E-state index in [4.69, 9.17) is 23.7 Å².